The van der Waals surface area contributed by atoms with Gasteiger partial charge in [-0.15, -0.1) is 11.3 Å². The molecular weight excluding hydrogens is 436 g/mol. The number of rotatable bonds is 6. The SMILES string of the molecule is COc1ccc(C(=O)Nc2nc(-c3ccc(F)c(F)c3)cs2)cc1S(=O)(=O)N(C)C. The Bertz CT molecular complexity index is 1210. The highest BCUT2D eigenvalue weighted by Gasteiger charge is 2.24. The topological polar surface area (TPSA) is 88.6 Å². The zero-order chi connectivity index (χ0) is 22.1. The third kappa shape index (κ3) is 4.32. The number of carbonyl (C=O) groups is 1. The molecule has 2 aromatic carbocycles. The number of nitrogens with one attached hydrogen (secondary N) is 1. The Morgan fingerprint density at radius 3 is 2.50 bits per heavy atom. The Morgan fingerprint density at radius 1 is 1.13 bits per heavy atom. The van der Waals surface area contributed by atoms with Crippen molar-refractivity contribution in [3.63, 3.8) is 0 Å². The zero-order valence-corrected chi connectivity index (χ0v) is 17.8. The van der Waals surface area contributed by atoms with Gasteiger partial charge in [0.2, 0.25) is 10.0 Å². The van der Waals surface area contributed by atoms with E-state index in [1.165, 1.54) is 45.5 Å². The molecular formula is C19H17F2N3O4S2. The molecule has 3 aromatic rings. The molecule has 7 nitrogen and oxygen atoms in total. The van der Waals surface area contributed by atoms with E-state index in [4.69, 9.17) is 4.74 Å². The van der Waals surface area contributed by atoms with Crippen LogP contribution in [0.4, 0.5) is 13.9 Å². The van der Waals surface area contributed by atoms with E-state index >= 15 is 0 Å². The Kier molecular flexibility index (Phi) is 6.15. The summed E-state index contributed by atoms with van der Waals surface area (Å²) in [6, 6.07) is 7.41. The van der Waals surface area contributed by atoms with E-state index in [0.717, 1.165) is 27.8 Å². The summed E-state index contributed by atoms with van der Waals surface area (Å²) >= 11 is 1.09. The minimum atomic E-state index is -3.84. The lowest BCUT2D eigenvalue weighted by Crippen LogP contribution is -2.23. The number of methoxy groups -OCH3 is 1. The average Bonchev–Trinajstić information content (AvgIpc) is 3.17. The molecule has 158 valence electrons. The Morgan fingerprint density at radius 2 is 1.87 bits per heavy atom. The third-order valence-corrected chi connectivity index (χ3v) is 6.72. The number of benzene rings is 2. The van der Waals surface area contributed by atoms with Crippen LogP contribution in [0.25, 0.3) is 11.3 Å². The van der Waals surface area contributed by atoms with Gasteiger partial charge in [0, 0.05) is 30.6 Å². The fourth-order valence-corrected chi connectivity index (χ4v) is 4.29. The van der Waals surface area contributed by atoms with Crippen LogP contribution < -0.4 is 10.1 Å². The summed E-state index contributed by atoms with van der Waals surface area (Å²) in [5.41, 5.74) is 0.801. The highest BCUT2D eigenvalue weighted by atomic mass is 32.2. The molecule has 3 rings (SSSR count). The van der Waals surface area contributed by atoms with Crippen molar-refractivity contribution in [2.75, 3.05) is 26.5 Å². The van der Waals surface area contributed by atoms with Crippen molar-refractivity contribution in [2.45, 2.75) is 4.90 Å². The highest BCUT2D eigenvalue weighted by molar-refractivity contribution is 7.89. The number of halogens is 2. The molecule has 0 aliphatic rings. The van der Waals surface area contributed by atoms with Gasteiger partial charge < -0.3 is 4.74 Å². The van der Waals surface area contributed by atoms with E-state index in [9.17, 15) is 22.0 Å². The van der Waals surface area contributed by atoms with Crippen LogP contribution in [0.5, 0.6) is 5.75 Å². The molecule has 11 heteroatoms. The fraction of sp³-hybridized carbons (Fsp3) is 0.158. The van der Waals surface area contributed by atoms with E-state index in [1.807, 2.05) is 0 Å². The maximum atomic E-state index is 13.4. The summed E-state index contributed by atoms with van der Waals surface area (Å²) in [6.07, 6.45) is 0. The fourth-order valence-electron chi connectivity index (χ4n) is 2.50. The minimum absolute atomic E-state index is 0.0841. The number of thiazole rings is 1. The molecule has 1 aromatic heterocycles. The van der Waals surface area contributed by atoms with Crippen molar-refractivity contribution >= 4 is 32.4 Å². The predicted molar refractivity (Wildman–Crippen MR) is 109 cm³/mol. The van der Waals surface area contributed by atoms with E-state index in [2.05, 4.69) is 10.3 Å². The summed E-state index contributed by atoms with van der Waals surface area (Å²) in [4.78, 5) is 16.7. The molecule has 0 bridgehead atoms. The number of ether oxygens (including phenoxy) is 1. The van der Waals surface area contributed by atoms with Gasteiger partial charge in [-0.1, -0.05) is 0 Å². The first-order chi connectivity index (χ1) is 14.1. The number of hydrogen-bond acceptors (Lipinski definition) is 6. The van der Waals surface area contributed by atoms with E-state index in [1.54, 1.807) is 5.38 Å². The van der Waals surface area contributed by atoms with Crippen molar-refractivity contribution in [3.8, 4) is 17.0 Å². The first-order valence-electron chi connectivity index (χ1n) is 8.46. The number of amides is 1. The van der Waals surface area contributed by atoms with Gasteiger partial charge >= 0.3 is 0 Å². The molecule has 0 radical (unpaired) electrons. The summed E-state index contributed by atoms with van der Waals surface area (Å²) < 4.78 is 57.6. The van der Waals surface area contributed by atoms with Gasteiger partial charge in [0.15, 0.2) is 16.8 Å². The molecule has 0 aliphatic heterocycles. The normalized spacial score (nSPS) is 11.5. The van der Waals surface area contributed by atoms with Gasteiger partial charge in [-0.25, -0.2) is 26.5 Å². The Labute approximate surface area is 176 Å². The number of carbonyl (C=O) groups excluding carboxylic acids is 1. The van der Waals surface area contributed by atoms with Crippen molar-refractivity contribution in [1.82, 2.24) is 9.29 Å². The summed E-state index contributed by atoms with van der Waals surface area (Å²) in [5.74, 6) is -2.45. The number of sulfonamides is 1. The average molecular weight is 453 g/mol. The van der Waals surface area contributed by atoms with Gasteiger partial charge in [-0.3, -0.25) is 10.1 Å². The third-order valence-electron chi connectivity index (χ3n) is 4.12. The van der Waals surface area contributed by atoms with Gasteiger partial charge in [0.1, 0.15) is 10.6 Å². The van der Waals surface area contributed by atoms with Crippen molar-refractivity contribution in [1.29, 1.82) is 0 Å². The lowest BCUT2D eigenvalue weighted by molar-refractivity contribution is 0.102. The Hall–Kier alpha value is -2.89. The predicted octanol–water partition coefficient (Wildman–Crippen LogP) is 3.60. The first kappa shape index (κ1) is 21.8. The minimum Gasteiger partial charge on any atom is -0.495 e. The quantitative estimate of drug-likeness (QED) is 0.616. The molecule has 0 unspecified atom stereocenters. The van der Waals surface area contributed by atoms with E-state index in [0.29, 0.717) is 11.3 Å². The molecule has 0 fully saturated rings. The molecule has 1 heterocycles. The molecule has 30 heavy (non-hydrogen) atoms. The zero-order valence-electron chi connectivity index (χ0n) is 16.1. The lowest BCUT2D eigenvalue weighted by Gasteiger charge is -2.15. The largest absolute Gasteiger partial charge is 0.495 e. The summed E-state index contributed by atoms with van der Waals surface area (Å²) in [6.45, 7) is 0. The van der Waals surface area contributed by atoms with Crippen LogP contribution in [0.15, 0.2) is 46.7 Å². The van der Waals surface area contributed by atoms with E-state index in [-0.39, 0.29) is 21.3 Å². The molecule has 1 amide bonds. The molecule has 0 atom stereocenters. The van der Waals surface area contributed by atoms with Crippen LogP contribution in [-0.4, -0.2) is 44.8 Å². The molecule has 0 aliphatic carbocycles. The van der Waals surface area contributed by atoms with Crippen molar-refractivity contribution in [3.05, 3.63) is 59.0 Å². The smallest absolute Gasteiger partial charge is 0.257 e. The Balaban J connectivity index is 1.86. The maximum Gasteiger partial charge on any atom is 0.257 e. The van der Waals surface area contributed by atoms with Crippen LogP contribution in [-0.2, 0) is 10.0 Å². The van der Waals surface area contributed by atoms with Crippen molar-refractivity contribution in [2.24, 2.45) is 0 Å². The number of anilines is 1. The number of nitrogens with zero attached hydrogens (tertiary/aromatic N) is 2. The standard InChI is InChI=1S/C19H17F2N3O4S2/c1-24(2)30(26,27)17-9-12(5-7-16(17)28-3)18(25)23-19-22-15(10-29-19)11-4-6-13(20)14(21)8-11/h4-10H,1-3H3,(H,22,23,25). The monoisotopic (exact) mass is 453 g/mol. The number of aromatic nitrogens is 1. The van der Waals surface area contributed by atoms with Crippen LogP contribution in [0.3, 0.4) is 0 Å². The lowest BCUT2D eigenvalue weighted by atomic mass is 10.2. The van der Waals surface area contributed by atoms with Crippen LogP contribution in [0.1, 0.15) is 10.4 Å². The summed E-state index contributed by atoms with van der Waals surface area (Å²) in [5, 5.41) is 4.37. The second-order valence-corrected chi connectivity index (χ2v) is 9.25. The van der Waals surface area contributed by atoms with Gasteiger partial charge in [-0.05, 0) is 36.4 Å². The van der Waals surface area contributed by atoms with Crippen LogP contribution in [0, 0.1) is 11.6 Å². The second-order valence-electron chi connectivity index (χ2n) is 6.27. The maximum absolute atomic E-state index is 13.4. The van der Waals surface area contributed by atoms with Crippen LogP contribution in [0.2, 0.25) is 0 Å². The van der Waals surface area contributed by atoms with Crippen molar-refractivity contribution < 1.29 is 26.7 Å². The van der Waals surface area contributed by atoms with Gasteiger partial charge in [0.05, 0.1) is 12.8 Å². The van der Waals surface area contributed by atoms with Gasteiger partial charge in [0.25, 0.3) is 5.91 Å². The van der Waals surface area contributed by atoms with E-state index < -0.39 is 27.6 Å². The van der Waals surface area contributed by atoms with Crippen LogP contribution >= 0.6 is 11.3 Å². The first-order valence-corrected chi connectivity index (χ1v) is 10.8. The van der Waals surface area contributed by atoms with Gasteiger partial charge in [-0.2, -0.15) is 0 Å². The molecule has 1 N–H and O–H groups in total. The molecule has 0 saturated heterocycles. The highest BCUT2D eigenvalue weighted by Crippen LogP contribution is 2.29. The summed E-state index contributed by atoms with van der Waals surface area (Å²) in [7, 11) is 0.237. The molecule has 0 spiro atoms. The number of hydrogen-bond donors (Lipinski definition) is 1. The second kappa shape index (κ2) is 8.46. The molecule has 0 saturated carbocycles.